The molecule has 1 fully saturated rings. The summed E-state index contributed by atoms with van der Waals surface area (Å²) >= 11 is 0. The second kappa shape index (κ2) is 4.80. The topological polar surface area (TPSA) is 53.7 Å². The van der Waals surface area contributed by atoms with E-state index in [1.165, 1.54) is 12.1 Å². The summed E-state index contributed by atoms with van der Waals surface area (Å²) < 4.78 is 5.31. The molecule has 0 aliphatic heterocycles. The van der Waals surface area contributed by atoms with Crippen molar-refractivity contribution >= 4 is 5.91 Å². The van der Waals surface area contributed by atoms with Crippen LogP contribution >= 0.6 is 0 Å². The molecule has 0 atom stereocenters. The second-order valence-corrected chi connectivity index (χ2v) is 4.79. The molecule has 0 unspecified atom stereocenters. The average Bonchev–Trinajstić information content (AvgIpc) is 3.13. The van der Waals surface area contributed by atoms with Gasteiger partial charge in [-0.05, 0) is 49.2 Å². The Morgan fingerprint density at radius 3 is 2.58 bits per heavy atom. The van der Waals surface area contributed by atoms with Gasteiger partial charge in [0.15, 0.2) is 0 Å². The highest BCUT2D eigenvalue weighted by atomic mass is 16.3. The zero-order chi connectivity index (χ0) is 13.2. The number of phenols is 1. The van der Waals surface area contributed by atoms with Gasteiger partial charge in [0.25, 0.3) is 5.91 Å². The lowest BCUT2D eigenvalue weighted by molar-refractivity contribution is 0.0717. The van der Waals surface area contributed by atoms with E-state index in [1.54, 1.807) is 18.4 Å². The van der Waals surface area contributed by atoms with Crippen molar-refractivity contribution in [3.8, 4) is 5.75 Å². The standard InChI is InChI=1S/C15H15NO3/c17-13-7-3-11(4-8-13)15(18)16(12-5-6-12)10-14-2-1-9-19-14/h1-4,7-9,12,17H,5-6,10H2. The van der Waals surface area contributed by atoms with Crippen LogP contribution in [0.4, 0.5) is 0 Å². The molecule has 1 aliphatic carbocycles. The van der Waals surface area contributed by atoms with E-state index in [2.05, 4.69) is 0 Å². The monoisotopic (exact) mass is 257 g/mol. The summed E-state index contributed by atoms with van der Waals surface area (Å²) in [6.45, 7) is 0.497. The molecule has 3 rings (SSSR count). The van der Waals surface area contributed by atoms with Gasteiger partial charge in [0.2, 0.25) is 0 Å². The number of furan rings is 1. The van der Waals surface area contributed by atoms with Crippen LogP contribution in [-0.4, -0.2) is 22.0 Å². The number of hydrogen-bond acceptors (Lipinski definition) is 3. The molecule has 4 nitrogen and oxygen atoms in total. The van der Waals surface area contributed by atoms with Gasteiger partial charge >= 0.3 is 0 Å². The van der Waals surface area contributed by atoms with Crippen molar-refractivity contribution in [2.75, 3.05) is 0 Å². The van der Waals surface area contributed by atoms with E-state index in [4.69, 9.17) is 4.42 Å². The van der Waals surface area contributed by atoms with Gasteiger partial charge in [-0.2, -0.15) is 0 Å². The number of benzene rings is 1. The molecule has 0 bridgehead atoms. The van der Waals surface area contributed by atoms with Crippen LogP contribution in [0.2, 0.25) is 0 Å². The molecule has 1 N–H and O–H groups in total. The van der Waals surface area contributed by atoms with Crippen molar-refractivity contribution in [2.45, 2.75) is 25.4 Å². The first kappa shape index (κ1) is 11.8. The van der Waals surface area contributed by atoms with Gasteiger partial charge in [0.05, 0.1) is 12.8 Å². The van der Waals surface area contributed by atoms with Crippen LogP contribution in [0.25, 0.3) is 0 Å². The van der Waals surface area contributed by atoms with E-state index < -0.39 is 0 Å². The second-order valence-electron chi connectivity index (χ2n) is 4.79. The quantitative estimate of drug-likeness (QED) is 0.916. The zero-order valence-electron chi connectivity index (χ0n) is 10.5. The Balaban J connectivity index is 1.79. The highest BCUT2D eigenvalue weighted by Gasteiger charge is 2.33. The molecule has 0 saturated heterocycles. The minimum atomic E-state index is -0.0149. The van der Waals surface area contributed by atoms with E-state index >= 15 is 0 Å². The van der Waals surface area contributed by atoms with Crippen LogP contribution in [-0.2, 0) is 6.54 Å². The summed E-state index contributed by atoms with van der Waals surface area (Å²) in [4.78, 5) is 14.3. The summed E-state index contributed by atoms with van der Waals surface area (Å²) in [5, 5.41) is 9.27. The van der Waals surface area contributed by atoms with Gasteiger partial charge in [-0.15, -0.1) is 0 Å². The average molecular weight is 257 g/mol. The minimum Gasteiger partial charge on any atom is -0.508 e. The number of amides is 1. The Morgan fingerprint density at radius 2 is 2.00 bits per heavy atom. The zero-order valence-corrected chi connectivity index (χ0v) is 10.5. The molecule has 0 spiro atoms. The molecule has 1 amide bonds. The SMILES string of the molecule is O=C(c1ccc(O)cc1)N(Cc1ccco1)C1CC1. The molecule has 98 valence electrons. The van der Waals surface area contributed by atoms with E-state index in [0.29, 0.717) is 18.2 Å². The molecule has 0 radical (unpaired) electrons. The molecule has 1 heterocycles. The van der Waals surface area contributed by atoms with Crippen molar-refractivity contribution in [1.82, 2.24) is 4.90 Å². The fourth-order valence-corrected chi connectivity index (χ4v) is 2.09. The molecule has 19 heavy (non-hydrogen) atoms. The molecule has 1 aromatic carbocycles. The van der Waals surface area contributed by atoms with E-state index in [1.807, 2.05) is 17.0 Å². The van der Waals surface area contributed by atoms with Gasteiger partial charge in [-0.3, -0.25) is 4.79 Å². The molecule has 1 saturated carbocycles. The van der Waals surface area contributed by atoms with Crippen LogP contribution in [0.5, 0.6) is 5.75 Å². The van der Waals surface area contributed by atoms with Gasteiger partial charge < -0.3 is 14.4 Å². The predicted octanol–water partition coefficient (Wildman–Crippen LogP) is 2.79. The smallest absolute Gasteiger partial charge is 0.254 e. The van der Waals surface area contributed by atoms with Gasteiger partial charge in [0, 0.05) is 11.6 Å². The van der Waals surface area contributed by atoms with Gasteiger partial charge in [-0.1, -0.05) is 0 Å². The van der Waals surface area contributed by atoms with Crippen molar-refractivity contribution in [2.24, 2.45) is 0 Å². The van der Waals surface area contributed by atoms with E-state index in [0.717, 1.165) is 18.6 Å². The first-order chi connectivity index (χ1) is 9.24. The summed E-state index contributed by atoms with van der Waals surface area (Å²) in [6.07, 6.45) is 3.71. The fourth-order valence-electron chi connectivity index (χ4n) is 2.09. The van der Waals surface area contributed by atoms with Gasteiger partial charge in [0.1, 0.15) is 11.5 Å². The number of rotatable bonds is 4. The lowest BCUT2D eigenvalue weighted by atomic mass is 10.2. The third-order valence-electron chi connectivity index (χ3n) is 3.27. The van der Waals surface area contributed by atoms with Crippen LogP contribution in [0.1, 0.15) is 29.0 Å². The van der Waals surface area contributed by atoms with Crippen molar-refractivity contribution in [3.05, 3.63) is 54.0 Å². The third-order valence-corrected chi connectivity index (χ3v) is 3.27. The Kier molecular flexibility index (Phi) is 2.99. The summed E-state index contributed by atoms with van der Waals surface area (Å²) in [5.74, 6) is 0.943. The van der Waals surface area contributed by atoms with E-state index in [-0.39, 0.29) is 11.7 Å². The Bertz CT molecular complexity index is 556. The van der Waals surface area contributed by atoms with Crippen molar-refractivity contribution < 1.29 is 14.3 Å². The highest BCUT2D eigenvalue weighted by molar-refractivity contribution is 5.94. The number of hydrogen-bond donors (Lipinski definition) is 1. The molecule has 2 aromatic rings. The van der Waals surface area contributed by atoms with Crippen molar-refractivity contribution in [1.29, 1.82) is 0 Å². The Morgan fingerprint density at radius 1 is 1.26 bits per heavy atom. The van der Waals surface area contributed by atoms with Crippen LogP contribution in [0.15, 0.2) is 47.1 Å². The predicted molar refractivity (Wildman–Crippen MR) is 69.7 cm³/mol. The fraction of sp³-hybridized carbons (Fsp3) is 0.267. The van der Waals surface area contributed by atoms with Gasteiger partial charge in [-0.25, -0.2) is 0 Å². The largest absolute Gasteiger partial charge is 0.508 e. The lowest BCUT2D eigenvalue weighted by Crippen LogP contribution is -2.32. The maximum Gasteiger partial charge on any atom is 0.254 e. The number of phenolic OH excluding ortho intramolecular Hbond substituents is 1. The molecule has 1 aliphatic rings. The molecule has 1 aromatic heterocycles. The summed E-state index contributed by atoms with van der Waals surface area (Å²) in [7, 11) is 0. The number of carbonyl (C=O) groups excluding carboxylic acids is 1. The highest BCUT2D eigenvalue weighted by Crippen LogP contribution is 2.30. The first-order valence-electron chi connectivity index (χ1n) is 6.36. The number of nitrogens with zero attached hydrogens (tertiary/aromatic N) is 1. The maximum atomic E-state index is 12.5. The Hall–Kier alpha value is -2.23. The first-order valence-corrected chi connectivity index (χ1v) is 6.36. The molecule has 4 heteroatoms. The minimum absolute atomic E-state index is 0.0149. The third kappa shape index (κ3) is 2.62. The molecular formula is C15H15NO3. The van der Waals surface area contributed by atoms with E-state index in [9.17, 15) is 9.90 Å². The molecular weight excluding hydrogens is 242 g/mol. The summed E-state index contributed by atoms with van der Waals surface area (Å²) in [6, 6.07) is 10.4. The number of carbonyl (C=O) groups is 1. The van der Waals surface area contributed by atoms with Crippen LogP contribution < -0.4 is 0 Å². The van der Waals surface area contributed by atoms with Crippen molar-refractivity contribution in [3.63, 3.8) is 0 Å². The lowest BCUT2D eigenvalue weighted by Gasteiger charge is -2.21. The van der Waals surface area contributed by atoms with Crippen LogP contribution in [0.3, 0.4) is 0 Å². The van der Waals surface area contributed by atoms with Crippen LogP contribution in [0, 0.1) is 0 Å². The Labute approximate surface area is 111 Å². The normalized spacial score (nSPS) is 14.3. The summed E-state index contributed by atoms with van der Waals surface area (Å²) in [5.41, 5.74) is 0.594. The maximum absolute atomic E-state index is 12.5. The number of aromatic hydroxyl groups is 1.